The molecule has 0 aromatic heterocycles. The van der Waals surface area contributed by atoms with E-state index in [0.717, 1.165) is 0 Å². The summed E-state index contributed by atoms with van der Waals surface area (Å²) in [5.74, 6) is 0. The van der Waals surface area contributed by atoms with E-state index in [0.29, 0.717) is 9.79 Å². The van der Waals surface area contributed by atoms with Crippen LogP contribution in [0.25, 0.3) is 0 Å². The molecule has 0 bridgehead atoms. The molecule has 0 heterocycles. The van der Waals surface area contributed by atoms with Gasteiger partial charge in [0, 0.05) is 9.49 Å². The molecule has 1 rings (SSSR count). The van der Waals surface area contributed by atoms with Crippen LogP contribution in [0.15, 0.2) is 34.1 Å². The summed E-state index contributed by atoms with van der Waals surface area (Å²) in [5, 5.41) is 0. The third-order valence-corrected chi connectivity index (χ3v) is 6.23. The molecule has 4 heteroatoms. The highest BCUT2D eigenvalue weighted by atomic mass is 32.2. The number of benzene rings is 1. The van der Waals surface area contributed by atoms with Gasteiger partial charge in [-0.05, 0) is 53.7 Å². The summed E-state index contributed by atoms with van der Waals surface area (Å²) in [5.41, 5.74) is 0. The van der Waals surface area contributed by atoms with E-state index < -0.39 is 21.6 Å². The van der Waals surface area contributed by atoms with E-state index in [4.69, 9.17) is 0 Å². The van der Waals surface area contributed by atoms with E-state index in [9.17, 15) is 8.42 Å². The zero-order valence-corrected chi connectivity index (χ0v) is 13.6. The van der Waals surface area contributed by atoms with Crippen LogP contribution in [0.2, 0.25) is 0 Å². The van der Waals surface area contributed by atoms with Crippen LogP contribution in [0.4, 0.5) is 0 Å². The van der Waals surface area contributed by atoms with E-state index in [-0.39, 0.29) is 9.49 Å². The highest BCUT2D eigenvalue weighted by Crippen LogP contribution is 2.29. The predicted molar refractivity (Wildman–Crippen MR) is 78.8 cm³/mol. The molecule has 0 spiro atoms. The second kappa shape index (κ2) is 5.25. The van der Waals surface area contributed by atoms with Crippen LogP contribution < -0.4 is 0 Å². The Balaban J connectivity index is 3.33. The van der Waals surface area contributed by atoms with Gasteiger partial charge in [0.25, 0.3) is 0 Å². The maximum atomic E-state index is 12.5. The van der Waals surface area contributed by atoms with Crippen molar-refractivity contribution < 1.29 is 8.42 Å². The zero-order valence-electron chi connectivity index (χ0n) is 11.9. The molecule has 18 heavy (non-hydrogen) atoms. The highest BCUT2D eigenvalue weighted by molar-refractivity contribution is 7.89. The van der Waals surface area contributed by atoms with Gasteiger partial charge in [0.2, 0.25) is 0 Å². The van der Waals surface area contributed by atoms with Gasteiger partial charge in [-0.15, -0.1) is 0 Å². The molecule has 2 nitrogen and oxygen atoms in total. The normalized spacial score (nSPS) is 16.3. The van der Waals surface area contributed by atoms with Crippen molar-refractivity contribution in [2.75, 3.05) is 0 Å². The van der Waals surface area contributed by atoms with Crippen molar-refractivity contribution in [3.63, 3.8) is 0 Å². The minimum absolute atomic E-state index is 0.349. The van der Waals surface area contributed by atoms with E-state index >= 15 is 0 Å². The standard InChI is InChI=1S/C14H22O2S2/c1-13(2,3)17(15)11-9-7-8-10-12(11)18(16)14(4,5)6/h7-10H,1-6H3/t17-,18+. The Labute approximate surface area is 115 Å². The summed E-state index contributed by atoms with van der Waals surface area (Å²) in [6.45, 7) is 11.6. The monoisotopic (exact) mass is 286 g/mol. The van der Waals surface area contributed by atoms with Crippen LogP contribution >= 0.6 is 0 Å². The molecule has 2 atom stereocenters. The largest absolute Gasteiger partial charge is 0.254 e. The molecule has 1 aromatic carbocycles. The fourth-order valence-corrected chi connectivity index (χ4v) is 4.10. The maximum absolute atomic E-state index is 12.5. The Morgan fingerprint density at radius 1 is 0.722 bits per heavy atom. The topological polar surface area (TPSA) is 34.1 Å². The second-order valence-electron chi connectivity index (χ2n) is 6.21. The Kier molecular flexibility index (Phi) is 4.55. The molecule has 0 aliphatic carbocycles. The summed E-state index contributed by atoms with van der Waals surface area (Å²) >= 11 is 0. The molecule has 0 N–H and O–H groups in total. The number of rotatable bonds is 2. The third-order valence-electron chi connectivity index (χ3n) is 2.36. The van der Waals surface area contributed by atoms with Gasteiger partial charge in [0.1, 0.15) is 0 Å². The lowest BCUT2D eigenvalue weighted by Crippen LogP contribution is -2.26. The summed E-state index contributed by atoms with van der Waals surface area (Å²) < 4.78 is 24.3. The van der Waals surface area contributed by atoms with Crippen molar-refractivity contribution in [3.05, 3.63) is 24.3 Å². The van der Waals surface area contributed by atoms with E-state index in [2.05, 4.69) is 0 Å². The molecule has 0 radical (unpaired) electrons. The van der Waals surface area contributed by atoms with Crippen LogP contribution in [0.1, 0.15) is 41.5 Å². The first-order valence-electron chi connectivity index (χ1n) is 5.98. The molecule has 0 unspecified atom stereocenters. The maximum Gasteiger partial charge on any atom is 0.0595 e. The molecular weight excluding hydrogens is 264 g/mol. The predicted octanol–water partition coefficient (Wildman–Crippen LogP) is 3.50. The minimum atomic E-state index is -1.16. The molecule has 0 aliphatic rings. The second-order valence-corrected chi connectivity index (χ2v) is 10.6. The molecular formula is C14H22O2S2. The molecule has 0 saturated heterocycles. The fourth-order valence-electron chi connectivity index (χ4n) is 1.42. The van der Waals surface area contributed by atoms with Gasteiger partial charge < -0.3 is 0 Å². The summed E-state index contributed by atoms with van der Waals surface area (Å²) in [6.07, 6.45) is 0. The van der Waals surface area contributed by atoms with Gasteiger partial charge >= 0.3 is 0 Å². The fraction of sp³-hybridized carbons (Fsp3) is 0.571. The van der Waals surface area contributed by atoms with Crippen LogP contribution in [0, 0.1) is 0 Å². The first kappa shape index (κ1) is 15.6. The molecule has 102 valence electrons. The Morgan fingerprint density at radius 2 is 1.00 bits per heavy atom. The van der Waals surface area contributed by atoms with Crippen molar-refractivity contribution in [1.82, 2.24) is 0 Å². The van der Waals surface area contributed by atoms with Crippen molar-refractivity contribution in [2.45, 2.75) is 60.8 Å². The summed E-state index contributed by atoms with van der Waals surface area (Å²) in [4.78, 5) is 1.39. The average molecular weight is 286 g/mol. The van der Waals surface area contributed by atoms with Gasteiger partial charge in [-0.1, -0.05) is 12.1 Å². The highest BCUT2D eigenvalue weighted by Gasteiger charge is 2.29. The van der Waals surface area contributed by atoms with Crippen LogP contribution in [-0.4, -0.2) is 17.9 Å². The van der Waals surface area contributed by atoms with Crippen molar-refractivity contribution in [2.24, 2.45) is 0 Å². The molecule has 0 amide bonds. The van der Waals surface area contributed by atoms with Crippen LogP contribution in [-0.2, 0) is 21.6 Å². The van der Waals surface area contributed by atoms with Gasteiger partial charge in [0.05, 0.1) is 31.4 Å². The van der Waals surface area contributed by atoms with Crippen molar-refractivity contribution in [1.29, 1.82) is 0 Å². The van der Waals surface area contributed by atoms with Crippen molar-refractivity contribution in [3.8, 4) is 0 Å². The third kappa shape index (κ3) is 3.51. The Bertz CT molecular complexity index is 434. The first-order valence-corrected chi connectivity index (χ1v) is 8.28. The zero-order chi connectivity index (χ0) is 14.1. The lowest BCUT2D eigenvalue weighted by atomic mass is 10.3. The van der Waals surface area contributed by atoms with E-state index in [1.807, 2.05) is 65.8 Å². The van der Waals surface area contributed by atoms with Gasteiger partial charge in [-0.25, -0.2) is 0 Å². The smallest absolute Gasteiger partial charge is 0.0595 e. The number of hydrogen-bond acceptors (Lipinski definition) is 2. The Morgan fingerprint density at radius 3 is 1.22 bits per heavy atom. The quantitative estimate of drug-likeness (QED) is 0.834. The lowest BCUT2D eigenvalue weighted by molar-refractivity contribution is 0.638. The lowest BCUT2D eigenvalue weighted by Gasteiger charge is -2.23. The molecule has 0 fully saturated rings. The Hall–Kier alpha value is -0.480. The minimum Gasteiger partial charge on any atom is -0.254 e. The van der Waals surface area contributed by atoms with Gasteiger partial charge in [-0.2, -0.15) is 0 Å². The molecule has 0 saturated carbocycles. The first-order chi connectivity index (χ1) is 8.05. The van der Waals surface area contributed by atoms with Gasteiger partial charge in [-0.3, -0.25) is 8.42 Å². The van der Waals surface area contributed by atoms with E-state index in [1.54, 1.807) is 0 Å². The SMILES string of the molecule is CC(C)(C)[S@](=O)c1ccccc1[S@](=O)C(C)(C)C. The van der Waals surface area contributed by atoms with E-state index in [1.165, 1.54) is 0 Å². The summed E-state index contributed by atoms with van der Waals surface area (Å²) in [7, 11) is -2.32. The van der Waals surface area contributed by atoms with Crippen molar-refractivity contribution >= 4 is 21.6 Å². The van der Waals surface area contributed by atoms with Crippen LogP contribution in [0.5, 0.6) is 0 Å². The summed E-state index contributed by atoms with van der Waals surface area (Å²) in [6, 6.07) is 7.34. The van der Waals surface area contributed by atoms with Crippen LogP contribution in [0.3, 0.4) is 0 Å². The molecule has 0 aliphatic heterocycles. The number of hydrogen-bond donors (Lipinski definition) is 0. The van der Waals surface area contributed by atoms with Gasteiger partial charge in [0.15, 0.2) is 0 Å². The molecule has 1 aromatic rings. The average Bonchev–Trinajstić information content (AvgIpc) is 2.24.